The van der Waals surface area contributed by atoms with Crippen molar-refractivity contribution < 1.29 is 0 Å². The zero-order chi connectivity index (χ0) is 13.1. The molecule has 106 valence electrons. The number of nitrogens with zero attached hydrogens (tertiary/aromatic N) is 1. The van der Waals surface area contributed by atoms with Crippen molar-refractivity contribution in [1.29, 1.82) is 0 Å². The first kappa shape index (κ1) is 14.3. The highest BCUT2D eigenvalue weighted by Gasteiger charge is 2.31. The summed E-state index contributed by atoms with van der Waals surface area (Å²) in [5.74, 6) is 2.60. The van der Waals surface area contributed by atoms with Crippen LogP contribution in [0, 0.1) is 17.8 Å². The first-order chi connectivity index (χ1) is 8.58. The number of likely N-dealkylation sites (tertiary alicyclic amines) is 1. The molecule has 1 heterocycles. The van der Waals surface area contributed by atoms with Gasteiger partial charge in [-0.25, -0.2) is 0 Å². The van der Waals surface area contributed by atoms with E-state index < -0.39 is 0 Å². The van der Waals surface area contributed by atoms with Crippen molar-refractivity contribution in [3.8, 4) is 0 Å². The van der Waals surface area contributed by atoms with E-state index >= 15 is 0 Å². The first-order valence-electron chi connectivity index (χ1n) is 8.07. The zero-order valence-electron chi connectivity index (χ0n) is 12.6. The van der Waals surface area contributed by atoms with Gasteiger partial charge < -0.3 is 10.6 Å². The van der Waals surface area contributed by atoms with Crippen molar-refractivity contribution in [2.75, 3.05) is 13.1 Å². The average molecular weight is 252 g/mol. The Kier molecular flexibility index (Phi) is 5.08. The number of hydrogen-bond donors (Lipinski definition) is 1. The van der Waals surface area contributed by atoms with Crippen LogP contribution in [0.1, 0.15) is 59.3 Å². The lowest BCUT2D eigenvalue weighted by Crippen LogP contribution is -2.48. The van der Waals surface area contributed by atoms with E-state index in [1.54, 1.807) is 0 Å². The minimum Gasteiger partial charge on any atom is -0.328 e. The van der Waals surface area contributed by atoms with Crippen molar-refractivity contribution in [2.24, 2.45) is 23.5 Å². The Balaban J connectivity index is 1.82. The lowest BCUT2D eigenvalue weighted by molar-refractivity contribution is 0.0745. The Hall–Kier alpha value is -0.0800. The number of piperidine rings is 1. The molecule has 1 aliphatic carbocycles. The van der Waals surface area contributed by atoms with Gasteiger partial charge in [-0.1, -0.05) is 13.8 Å². The van der Waals surface area contributed by atoms with Gasteiger partial charge in [-0.3, -0.25) is 0 Å². The third kappa shape index (κ3) is 3.48. The Labute approximate surface area is 113 Å². The van der Waals surface area contributed by atoms with Gasteiger partial charge in [-0.2, -0.15) is 0 Å². The second kappa shape index (κ2) is 6.38. The number of nitrogens with two attached hydrogens (primary N) is 1. The predicted molar refractivity (Wildman–Crippen MR) is 78.5 cm³/mol. The molecule has 2 unspecified atom stereocenters. The van der Waals surface area contributed by atoms with Crippen LogP contribution < -0.4 is 5.73 Å². The molecule has 2 nitrogen and oxygen atoms in total. The van der Waals surface area contributed by atoms with Crippen LogP contribution in [0.4, 0.5) is 0 Å². The minimum atomic E-state index is 0.375. The Morgan fingerprint density at radius 2 is 1.61 bits per heavy atom. The predicted octanol–water partition coefficient (Wildman–Crippen LogP) is 3.26. The summed E-state index contributed by atoms with van der Waals surface area (Å²) in [6, 6.07) is 1.24. The summed E-state index contributed by atoms with van der Waals surface area (Å²) < 4.78 is 0. The van der Waals surface area contributed by atoms with E-state index in [2.05, 4.69) is 25.7 Å². The van der Waals surface area contributed by atoms with E-state index in [4.69, 9.17) is 5.73 Å². The van der Waals surface area contributed by atoms with Gasteiger partial charge in [0.15, 0.2) is 0 Å². The highest BCUT2D eigenvalue weighted by molar-refractivity contribution is 4.86. The third-order valence-corrected chi connectivity index (χ3v) is 5.43. The summed E-state index contributed by atoms with van der Waals surface area (Å²) in [5, 5.41) is 0. The van der Waals surface area contributed by atoms with Gasteiger partial charge in [0.05, 0.1) is 0 Å². The largest absolute Gasteiger partial charge is 0.328 e. The molecule has 0 bridgehead atoms. The molecule has 0 radical (unpaired) electrons. The highest BCUT2D eigenvalue weighted by Crippen LogP contribution is 2.34. The Bertz CT molecular complexity index is 241. The normalized spacial score (nSPS) is 36.8. The fraction of sp³-hybridized carbons (Fsp3) is 1.00. The van der Waals surface area contributed by atoms with Crippen LogP contribution in [0.25, 0.3) is 0 Å². The van der Waals surface area contributed by atoms with E-state index in [0.29, 0.717) is 6.04 Å². The molecule has 2 heteroatoms. The zero-order valence-corrected chi connectivity index (χ0v) is 12.6. The summed E-state index contributed by atoms with van der Waals surface area (Å²) >= 11 is 0. The SMILES string of the molecule is CC(C)C1CCC(N2CCCC(C(C)N)C2)CC1. The molecular weight excluding hydrogens is 220 g/mol. The van der Waals surface area contributed by atoms with Crippen molar-refractivity contribution in [3.05, 3.63) is 0 Å². The van der Waals surface area contributed by atoms with Crippen LogP contribution in [0.15, 0.2) is 0 Å². The molecular formula is C16H32N2. The first-order valence-corrected chi connectivity index (χ1v) is 8.07. The van der Waals surface area contributed by atoms with Crippen molar-refractivity contribution in [2.45, 2.75) is 71.4 Å². The monoisotopic (exact) mass is 252 g/mol. The highest BCUT2D eigenvalue weighted by atomic mass is 15.2. The van der Waals surface area contributed by atoms with Crippen LogP contribution in [-0.2, 0) is 0 Å². The van der Waals surface area contributed by atoms with Gasteiger partial charge in [-0.15, -0.1) is 0 Å². The van der Waals surface area contributed by atoms with Crippen molar-refractivity contribution in [1.82, 2.24) is 4.90 Å². The Morgan fingerprint density at radius 3 is 2.17 bits per heavy atom. The lowest BCUT2D eigenvalue weighted by Gasteiger charge is -2.43. The summed E-state index contributed by atoms with van der Waals surface area (Å²) in [6.07, 6.45) is 8.44. The van der Waals surface area contributed by atoms with Gasteiger partial charge >= 0.3 is 0 Å². The van der Waals surface area contributed by atoms with Gasteiger partial charge in [0.2, 0.25) is 0 Å². The minimum absolute atomic E-state index is 0.375. The smallest absolute Gasteiger partial charge is 0.00955 e. The maximum atomic E-state index is 6.09. The van der Waals surface area contributed by atoms with Crippen LogP contribution in [0.2, 0.25) is 0 Å². The van der Waals surface area contributed by atoms with Crippen LogP contribution in [-0.4, -0.2) is 30.1 Å². The molecule has 2 N–H and O–H groups in total. The summed E-state index contributed by atoms with van der Waals surface area (Å²) in [5.41, 5.74) is 6.09. The van der Waals surface area contributed by atoms with E-state index in [1.807, 2.05) is 0 Å². The second-order valence-electron chi connectivity index (χ2n) is 7.07. The van der Waals surface area contributed by atoms with Crippen LogP contribution in [0.3, 0.4) is 0 Å². The molecule has 18 heavy (non-hydrogen) atoms. The molecule has 0 aromatic heterocycles. The molecule has 1 aliphatic heterocycles. The number of rotatable bonds is 3. The quantitative estimate of drug-likeness (QED) is 0.835. The molecule has 0 aromatic carbocycles. The van der Waals surface area contributed by atoms with Crippen LogP contribution in [0.5, 0.6) is 0 Å². The van der Waals surface area contributed by atoms with E-state index in [9.17, 15) is 0 Å². The Morgan fingerprint density at radius 1 is 0.944 bits per heavy atom. The van der Waals surface area contributed by atoms with E-state index in [1.165, 1.54) is 51.6 Å². The third-order valence-electron chi connectivity index (χ3n) is 5.43. The van der Waals surface area contributed by atoms with Gasteiger partial charge in [0, 0.05) is 18.6 Å². The molecule has 1 saturated carbocycles. The molecule has 2 rings (SSSR count). The van der Waals surface area contributed by atoms with E-state index in [-0.39, 0.29) is 0 Å². The molecule has 0 amide bonds. The molecule has 1 saturated heterocycles. The lowest BCUT2D eigenvalue weighted by atomic mass is 9.78. The molecule has 0 spiro atoms. The second-order valence-corrected chi connectivity index (χ2v) is 7.07. The summed E-state index contributed by atoms with van der Waals surface area (Å²) in [6.45, 7) is 9.54. The summed E-state index contributed by atoms with van der Waals surface area (Å²) in [4.78, 5) is 2.76. The van der Waals surface area contributed by atoms with Crippen LogP contribution >= 0.6 is 0 Å². The van der Waals surface area contributed by atoms with Crippen molar-refractivity contribution >= 4 is 0 Å². The van der Waals surface area contributed by atoms with Gasteiger partial charge in [0.25, 0.3) is 0 Å². The molecule has 0 aromatic rings. The standard InChI is InChI=1S/C16H32N2/c1-12(2)14-6-8-16(9-7-14)18-10-4-5-15(11-18)13(3)17/h12-16H,4-11,17H2,1-3H3. The fourth-order valence-electron chi connectivity index (χ4n) is 3.93. The summed E-state index contributed by atoms with van der Waals surface area (Å²) in [7, 11) is 0. The fourth-order valence-corrected chi connectivity index (χ4v) is 3.93. The maximum Gasteiger partial charge on any atom is 0.00955 e. The molecule has 2 atom stereocenters. The maximum absolute atomic E-state index is 6.09. The van der Waals surface area contributed by atoms with Crippen molar-refractivity contribution in [3.63, 3.8) is 0 Å². The molecule has 2 aliphatic rings. The van der Waals surface area contributed by atoms with Gasteiger partial charge in [-0.05, 0) is 69.7 Å². The van der Waals surface area contributed by atoms with E-state index in [0.717, 1.165) is 23.8 Å². The average Bonchev–Trinajstić information content (AvgIpc) is 2.39. The van der Waals surface area contributed by atoms with Gasteiger partial charge in [0.1, 0.15) is 0 Å². The number of hydrogen-bond acceptors (Lipinski definition) is 2. The molecule has 2 fully saturated rings. The topological polar surface area (TPSA) is 29.3 Å².